The first-order chi connectivity index (χ1) is 9.81. The molecule has 0 saturated heterocycles. The summed E-state index contributed by atoms with van der Waals surface area (Å²) >= 11 is 3.22. The lowest BCUT2D eigenvalue weighted by molar-refractivity contribution is -0.137. The van der Waals surface area contributed by atoms with Crippen molar-refractivity contribution >= 4 is 21.6 Å². The quantitative estimate of drug-likeness (QED) is 0.422. The van der Waals surface area contributed by atoms with Gasteiger partial charge in [-0.15, -0.1) is 0 Å². The third kappa shape index (κ3) is 5.20. The Labute approximate surface area is 133 Å². The number of hydrogen-bond donors (Lipinski definition) is 0. The molecule has 0 aromatic heterocycles. The summed E-state index contributed by atoms with van der Waals surface area (Å²) in [6.45, 7) is 6.61. The van der Waals surface area contributed by atoms with Crippen LogP contribution in [0.4, 0.5) is 18.9 Å². The summed E-state index contributed by atoms with van der Waals surface area (Å²) in [5, 5.41) is 0.424. The molecule has 0 N–H and O–H groups in total. The van der Waals surface area contributed by atoms with Crippen molar-refractivity contribution in [1.82, 2.24) is 0 Å². The van der Waals surface area contributed by atoms with Crippen molar-refractivity contribution in [3.05, 3.63) is 29.3 Å². The molecule has 1 aromatic rings. The van der Waals surface area contributed by atoms with Crippen molar-refractivity contribution in [3.63, 3.8) is 0 Å². The van der Waals surface area contributed by atoms with E-state index >= 15 is 0 Å². The van der Waals surface area contributed by atoms with E-state index in [1.807, 2.05) is 18.7 Å². The Morgan fingerprint density at radius 3 is 2.33 bits per heavy atom. The fourth-order valence-corrected chi connectivity index (χ4v) is 2.68. The number of alkyl halides is 4. The SMILES string of the molecule is CCCCCN(c1ccc(CBr)cc1C(F)(F)F)C(C)C. The largest absolute Gasteiger partial charge is 0.418 e. The molecule has 0 aliphatic rings. The summed E-state index contributed by atoms with van der Waals surface area (Å²) in [4.78, 5) is 1.86. The summed E-state index contributed by atoms with van der Waals surface area (Å²) in [5.41, 5.74) is 0.395. The summed E-state index contributed by atoms with van der Waals surface area (Å²) in [6.07, 6.45) is -1.33. The maximum Gasteiger partial charge on any atom is 0.418 e. The van der Waals surface area contributed by atoms with Gasteiger partial charge in [0.15, 0.2) is 0 Å². The predicted molar refractivity (Wildman–Crippen MR) is 86.1 cm³/mol. The highest BCUT2D eigenvalue weighted by atomic mass is 79.9. The van der Waals surface area contributed by atoms with Crippen LogP contribution >= 0.6 is 15.9 Å². The molecule has 0 radical (unpaired) electrons. The smallest absolute Gasteiger partial charge is 0.369 e. The lowest BCUT2D eigenvalue weighted by Crippen LogP contribution is -2.33. The van der Waals surface area contributed by atoms with Crippen molar-refractivity contribution in [2.24, 2.45) is 0 Å². The number of nitrogens with zero attached hydrogens (tertiary/aromatic N) is 1. The van der Waals surface area contributed by atoms with Crippen molar-refractivity contribution in [1.29, 1.82) is 0 Å². The Bertz CT molecular complexity index is 444. The zero-order chi connectivity index (χ0) is 16.0. The molecule has 1 rings (SSSR count). The number of anilines is 1. The van der Waals surface area contributed by atoms with Gasteiger partial charge in [-0.2, -0.15) is 13.2 Å². The Balaban J connectivity index is 3.17. The van der Waals surface area contributed by atoms with Gasteiger partial charge in [-0.1, -0.05) is 41.8 Å². The van der Waals surface area contributed by atoms with Crippen molar-refractivity contribution < 1.29 is 13.2 Å². The highest BCUT2D eigenvalue weighted by Crippen LogP contribution is 2.38. The Hall–Kier alpha value is -0.710. The van der Waals surface area contributed by atoms with Crippen LogP contribution in [0.1, 0.15) is 51.2 Å². The van der Waals surface area contributed by atoms with Crippen LogP contribution in [0, 0.1) is 0 Å². The zero-order valence-corrected chi connectivity index (χ0v) is 14.4. The first-order valence-electron chi connectivity index (χ1n) is 7.34. The molecular formula is C16H23BrF3N. The Morgan fingerprint density at radius 2 is 1.86 bits per heavy atom. The average Bonchev–Trinajstić information content (AvgIpc) is 2.42. The number of halogens is 4. The molecule has 0 saturated carbocycles. The second kappa shape index (κ2) is 8.06. The highest BCUT2D eigenvalue weighted by molar-refractivity contribution is 9.08. The normalized spacial score (nSPS) is 12.0. The van der Waals surface area contributed by atoms with Gasteiger partial charge in [0, 0.05) is 23.6 Å². The van der Waals surface area contributed by atoms with E-state index in [1.54, 1.807) is 12.1 Å². The molecule has 1 nitrogen and oxygen atoms in total. The van der Waals surface area contributed by atoms with Crippen molar-refractivity contribution in [3.8, 4) is 0 Å². The van der Waals surface area contributed by atoms with Gasteiger partial charge < -0.3 is 4.90 Å². The van der Waals surface area contributed by atoms with E-state index < -0.39 is 11.7 Å². The molecule has 0 aliphatic carbocycles. The van der Waals surface area contributed by atoms with Crippen molar-refractivity contribution in [2.75, 3.05) is 11.4 Å². The minimum absolute atomic E-state index is 0.0396. The molecule has 0 unspecified atom stereocenters. The molecule has 0 fully saturated rings. The number of hydrogen-bond acceptors (Lipinski definition) is 1. The third-order valence-corrected chi connectivity index (χ3v) is 4.10. The molecule has 120 valence electrons. The molecule has 21 heavy (non-hydrogen) atoms. The molecule has 0 spiro atoms. The zero-order valence-electron chi connectivity index (χ0n) is 12.8. The maximum atomic E-state index is 13.3. The van der Waals surface area contributed by atoms with Crippen LogP contribution in [0.15, 0.2) is 18.2 Å². The maximum absolute atomic E-state index is 13.3. The second-order valence-corrected chi connectivity index (χ2v) is 6.04. The van der Waals surface area contributed by atoms with E-state index in [2.05, 4.69) is 22.9 Å². The molecule has 0 amide bonds. The molecule has 1 aromatic carbocycles. The summed E-state index contributed by atoms with van der Waals surface area (Å²) < 4.78 is 40.0. The number of unbranched alkanes of at least 4 members (excludes halogenated alkanes) is 2. The van der Waals surface area contributed by atoms with E-state index in [-0.39, 0.29) is 6.04 Å². The molecular weight excluding hydrogens is 343 g/mol. The van der Waals surface area contributed by atoms with E-state index in [4.69, 9.17) is 0 Å². The van der Waals surface area contributed by atoms with Crippen LogP contribution in [0.2, 0.25) is 0 Å². The van der Waals surface area contributed by atoms with Gasteiger partial charge in [-0.05, 0) is 38.0 Å². The second-order valence-electron chi connectivity index (χ2n) is 5.48. The van der Waals surface area contributed by atoms with Gasteiger partial charge in [-0.25, -0.2) is 0 Å². The lowest BCUT2D eigenvalue weighted by atomic mass is 10.1. The fourth-order valence-electron chi connectivity index (χ4n) is 2.33. The van der Waals surface area contributed by atoms with Crippen molar-refractivity contribution in [2.45, 2.75) is 57.6 Å². The van der Waals surface area contributed by atoms with Gasteiger partial charge in [0.1, 0.15) is 0 Å². The Morgan fingerprint density at radius 1 is 1.19 bits per heavy atom. The number of benzene rings is 1. The van der Waals surface area contributed by atoms with Crippen LogP contribution < -0.4 is 4.90 Å². The van der Waals surface area contributed by atoms with Crippen LogP contribution in [0.25, 0.3) is 0 Å². The molecule has 0 aliphatic heterocycles. The summed E-state index contributed by atoms with van der Waals surface area (Å²) in [5.74, 6) is 0. The van der Waals surface area contributed by atoms with E-state index in [9.17, 15) is 13.2 Å². The summed E-state index contributed by atoms with van der Waals surface area (Å²) in [6, 6.07) is 4.65. The van der Waals surface area contributed by atoms with Gasteiger partial charge in [0.25, 0.3) is 0 Å². The van der Waals surface area contributed by atoms with E-state index in [0.717, 1.165) is 19.3 Å². The number of rotatable bonds is 7. The molecule has 0 heterocycles. The summed E-state index contributed by atoms with van der Waals surface area (Å²) in [7, 11) is 0. The molecule has 5 heteroatoms. The van der Waals surface area contributed by atoms with Gasteiger partial charge in [0.2, 0.25) is 0 Å². The Kier molecular flexibility index (Phi) is 7.04. The van der Waals surface area contributed by atoms with Crippen LogP contribution in [-0.4, -0.2) is 12.6 Å². The topological polar surface area (TPSA) is 3.24 Å². The van der Waals surface area contributed by atoms with Gasteiger partial charge in [-0.3, -0.25) is 0 Å². The van der Waals surface area contributed by atoms with Crippen LogP contribution in [-0.2, 0) is 11.5 Å². The van der Waals surface area contributed by atoms with E-state index in [1.165, 1.54) is 6.07 Å². The highest BCUT2D eigenvalue weighted by Gasteiger charge is 2.35. The van der Waals surface area contributed by atoms with Crippen LogP contribution in [0.3, 0.4) is 0 Å². The standard InChI is InChI=1S/C16H23BrF3N/c1-4-5-6-9-21(12(2)3)15-8-7-13(11-17)10-14(15)16(18,19)20/h7-8,10,12H,4-6,9,11H2,1-3H3. The predicted octanol–water partition coefficient (Wildman–Crippen LogP) is 6.01. The van der Waals surface area contributed by atoms with Gasteiger partial charge >= 0.3 is 6.18 Å². The van der Waals surface area contributed by atoms with Gasteiger partial charge in [0.05, 0.1) is 5.56 Å². The molecule has 0 atom stereocenters. The minimum atomic E-state index is -4.33. The lowest BCUT2D eigenvalue weighted by Gasteiger charge is -2.31. The van der Waals surface area contributed by atoms with Crippen LogP contribution in [0.5, 0.6) is 0 Å². The fraction of sp³-hybridized carbons (Fsp3) is 0.625. The first kappa shape index (κ1) is 18.3. The molecule has 0 bridgehead atoms. The monoisotopic (exact) mass is 365 g/mol. The first-order valence-corrected chi connectivity index (χ1v) is 8.46. The average molecular weight is 366 g/mol. The van der Waals surface area contributed by atoms with E-state index in [0.29, 0.717) is 23.1 Å². The minimum Gasteiger partial charge on any atom is -0.369 e. The third-order valence-electron chi connectivity index (χ3n) is 3.46.